The highest BCUT2D eigenvalue weighted by atomic mass is 32.2. The van der Waals surface area contributed by atoms with Crippen LogP contribution in [0.25, 0.3) is 0 Å². The Kier molecular flexibility index (Phi) is 7.81. The Hall–Kier alpha value is -2.73. The molecule has 3 heterocycles. The monoisotopic (exact) mass is 495 g/mol. The number of nitrogens with zero attached hydrogens (tertiary/aromatic N) is 4. The van der Waals surface area contributed by atoms with E-state index in [9.17, 15) is 18.0 Å². The van der Waals surface area contributed by atoms with Gasteiger partial charge in [-0.15, -0.1) is 0 Å². The lowest BCUT2D eigenvalue weighted by Gasteiger charge is -2.35. The average Bonchev–Trinajstić information content (AvgIpc) is 3.31. The quantitative estimate of drug-likeness (QED) is 0.580. The smallest absolute Gasteiger partial charge is 0.230 e. The van der Waals surface area contributed by atoms with Gasteiger partial charge in [-0.2, -0.15) is 4.31 Å². The van der Waals surface area contributed by atoms with Gasteiger partial charge in [0.1, 0.15) is 11.5 Å². The Balaban J connectivity index is 1.50. The maximum atomic E-state index is 12.9. The van der Waals surface area contributed by atoms with Gasteiger partial charge in [-0.05, 0) is 41.5 Å². The van der Waals surface area contributed by atoms with E-state index in [1.807, 2.05) is 6.92 Å². The standard InChI is InChI=1S/C22H33N5O6S/c1-13(19-15(3)24-32-17(19)5)21(28)23-7-12-34(30,31)27-10-8-26(9-11-27)22(29)14(2)20-16(4)25-33-18(20)6/h13-14H,7-12H2,1-6H3,(H,23,28). The summed E-state index contributed by atoms with van der Waals surface area (Å²) in [5.41, 5.74) is 2.82. The lowest BCUT2D eigenvalue weighted by molar-refractivity contribution is -0.133. The highest BCUT2D eigenvalue weighted by Gasteiger charge is 2.32. The Morgan fingerprint density at radius 3 is 1.88 bits per heavy atom. The summed E-state index contributed by atoms with van der Waals surface area (Å²) in [6.45, 7) is 11.7. The molecular weight excluding hydrogens is 462 g/mol. The SMILES string of the molecule is Cc1noc(C)c1C(C)C(=O)NCCS(=O)(=O)N1CCN(C(=O)C(C)c2c(C)noc2C)CC1. The highest BCUT2D eigenvalue weighted by molar-refractivity contribution is 7.89. The summed E-state index contributed by atoms with van der Waals surface area (Å²) in [5, 5.41) is 10.5. The Morgan fingerprint density at radius 1 is 0.912 bits per heavy atom. The fraction of sp³-hybridized carbons (Fsp3) is 0.636. The minimum atomic E-state index is -3.58. The summed E-state index contributed by atoms with van der Waals surface area (Å²) in [6.07, 6.45) is 0. The average molecular weight is 496 g/mol. The van der Waals surface area contributed by atoms with E-state index in [0.29, 0.717) is 41.6 Å². The van der Waals surface area contributed by atoms with Crippen molar-refractivity contribution in [3.05, 3.63) is 34.0 Å². The number of carbonyl (C=O) groups excluding carboxylic acids is 2. The molecule has 0 aromatic carbocycles. The molecule has 2 amide bonds. The molecule has 1 aliphatic rings. The van der Waals surface area contributed by atoms with Crippen LogP contribution in [0.15, 0.2) is 9.05 Å². The lowest BCUT2D eigenvalue weighted by atomic mass is 9.98. The molecule has 12 heteroatoms. The molecule has 11 nitrogen and oxygen atoms in total. The second-order valence-corrected chi connectivity index (χ2v) is 10.8. The number of hydrogen-bond acceptors (Lipinski definition) is 8. The molecule has 2 unspecified atom stereocenters. The topological polar surface area (TPSA) is 139 Å². The number of rotatable bonds is 8. The van der Waals surface area contributed by atoms with Crippen molar-refractivity contribution in [2.45, 2.75) is 53.4 Å². The van der Waals surface area contributed by atoms with Gasteiger partial charge in [0.2, 0.25) is 21.8 Å². The predicted octanol–water partition coefficient (Wildman–Crippen LogP) is 1.39. The van der Waals surface area contributed by atoms with Gasteiger partial charge < -0.3 is 19.3 Å². The van der Waals surface area contributed by atoms with Gasteiger partial charge in [-0.1, -0.05) is 10.3 Å². The predicted molar refractivity (Wildman–Crippen MR) is 124 cm³/mol. The van der Waals surface area contributed by atoms with Crippen molar-refractivity contribution in [2.75, 3.05) is 38.5 Å². The summed E-state index contributed by atoms with van der Waals surface area (Å²) in [6, 6.07) is 0. The Morgan fingerprint density at radius 2 is 1.41 bits per heavy atom. The zero-order valence-corrected chi connectivity index (χ0v) is 21.4. The first kappa shape index (κ1) is 25.9. The van der Waals surface area contributed by atoms with Crippen LogP contribution < -0.4 is 5.32 Å². The van der Waals surface area contributed by atoms with Crippen molar-refractivity contribution in [2.24, 2.45) is 0 Å². The van der Waals surface area contributed by atoms with E-state index in [0.717, 1.165) is 5.56 Å². The number of amides is 2. The molecular formula is C22H33N5O6S. The summed E-state index contributed by atoms with van der Waals surface area (Å²) < 4.78 is 37.2. The van der Waals surface area contributed by atoms with E-state index in [4.69, 9.17) is 9.05 Å². The Labute approximate surface area is 199 Å². The largest absolute Gasteiger partial charge is 0.361 e. The van der Waals surface area contributed by atoms with E-state index in [2.05, 4.69) is 15.6 Å². The minimum Gasteiger partial charge on any atom is -0.361 e. The van der Waals surface area contributed by atoms with Crippen molar-refractivity contribution in [1.29, 1.82) is 0 Å². The molecule has 0 aliphatic carbocycles. The van der Waals surface area contributed by atoms with E-state index in [1.165, 1.54) is 4.31 Å². The first-order chi connectivity index (χ1) is 15.9. The molecule has 1 saturated heterocycles. The van der Waals surface area contributed by atoms with E-state index >= 15 is 0 Å². The van der Waals surface area contributed by atoms with Gasteiger partial charge >= 0.3 is 0 Å². The van der Waals surface area contributed by atoms with E-state index in [-0.39, 0.29) is 37.2 Å². The summed E-state index contributed by atoms with van der Waals surface area (Å²) >= 11 is 0. The van der Waals surface area contributed by atoms with Gasteiger partial charge in [-0.25, -0.2) is 8.42 Å². The van der Waals surface area contributed by atoms with Gasteiger partial charge in [-0.3, -0.25) is 9.59 Å². The van der Waals surface area contributed by atoms with Crippen LogP contribution >= 0.6 is 0 Å². The van der Waals surface area contributed by atoms with Crippen molar-refractivity contribution in [3.63, 3.8) is 0 Å². The minimum absolute atomic E-state index is 0.00287. The number of hydrogen-bond donors (Lipinski definition) is 1. The first-order valence-corrected chi connectivity index (χ1v) is 12.9. The van der Waals surface area contributed by atoms with Crippen LogP contribution in [-0.4, -0.2) is 78.2 Å². The molecule has 2 aromatic heterocycles. The number of nitrogens with one attached hydrogen (secondary N) is 1. The Bertz CT molecular complexity index is 1110. The molecule has 0 radical (unpaired) electrons. The zero-order chi connectivity index (χ0) is 25.2. The number of aromatic nitrogens is 2. The molecule has 3 rings (SSSR count). The van der Waals surface area contributed by atoms with Crippen molar-refractivity contribution in [3.8, 4) is 0 Å². The number of piperazine rings is 1. The molecule has 0 saturated carbocycles. The maximum absolute atomic E-state index is 12.9. The third-order valence-electron chi connectivity index (χ3n) is 6.41. The molecule has 2 aromatic rings. The van der Waals surface area contributed by atoms with E-state index in [1.54, 1.807) is 39.5 Å². The maximum Gasteiger partial charge on any atom is 0.230 e. The zero-order valence-electron chi connectivity index (χ0n) is 20.5. The fourth-order valence-corrected chi connectivity index (χ4v) is 5.85. The molecule has 1 aliphatic heterocycles. The van der Waals surface area contributed by atoms with Crippen LogP contribution in [0.1, 0.15) is 59.7 Å². The molecule has 188 valence electrons. The number of carbonyl (C=O) groups is 2. The van der Waals surface area contributed by atoms with Gasteiger partial charge in [0, 0.05) is 43.9 Å². The van der Waals surface area contributed by atoms with Gasteiger partial charge in [0.15, 0.2) is 0 Å². The van der Waals surface area contributed by atoms with Crippen molar-refractivity contribution >= 4 is 21.8 Å². The van der Waals surface area contributed by atoms with Crippen molar-refractivity contribution < 1.29 is 27.1 Å². The van der Waals surface area contributed by atoms with Crippen molar-refractivity contribution in [1.82, 2.24) is 24.8 Å². The second-order valence-electron chi connectivity index (χ2n) is 8.75. The number of sulfonamides is 1. The highest BCUT2D eigenvalue weighted by Crippen LogP contribution is 2.26. The summed E-state index contributed by atoms with van der Waals surface area (Å²) in [5.74, 6) is -0.293. The van der Waals surface area contributed by atoms with Crippen LogP contribution in [-0.2, 0) is 19.6 Å². The molecule has 0 bridgehead atoms. The third kappa shape index (κ3) is 5.33. The molecule has 2 atom stereocenters. The summed E-state index contributed by atoms with van der Waals surface area (Å²) in [4.78, 5) is 27.1. The second kappa shape index (κ2) is 10.3. The van der Waals surface area contributed by atoms with Crippen LogP contribution in [0.4, 0.5) is 0 Å². The van der Waals surface area contributed by atoms with Crippen LogP contribution in [0.3, 0.4) is 0 Å². The molecule has 1 fully saturated rings. The molecule has 1 N–H and O–H groups in total. The fourth-order valence-electron chi connectivity index (χ4n) is 4.52. The lowest BCUT2D eigenvalue weighted by Crippen LogP contribution is -2.52. The van der Waals surface area contributed by atoms with Gasteiger partial charge in [0.25, 0.3) is 0 Å². The van der Waals surface area contributed by atoms with Crippen LogP contribution in [0.2, 0.25) is 0 Å². The molecule has 0 spiro atoms. The van der Waals surface area contributed by atoms with Crippen LogP contribution in [0, 0.1) is 27.7 Å². The normalized spacial score (nSPS) is 16.9. The molecule has 34 heavy (non-hydrogen) atoms. The van der Waals surface area contributed by atoms with Crippen LogP contribution in [0.5, 0.6) is 0 Å². The number of aryl methyl sites for hydroxylation is 4. The van der Waals surface area contributed by atoms with E-state index < -0.39 is 21.9 Å². The van der Waals surface area contributed by atoms with Gasteiger partial charge in [0.05, 0.1) is 29.0 Å². The third-order valence-corrected chi connectivity index (χ3v) is 8.28. The summed E-state index contributed by atoms with van der Waals surface area (Å²) in [7, 11) is -3.58. The first-order valence-electron chi connectivity index (χ1n) is 11.3.